The lowest BCUT2D eigenvalue weighted by Crippen LogP contribution is -2.03. The summed E-state index contributed by atoms with van der Waals surface area (Å²) in [5.74, 6) is -0.737. The third-order valence-corrected chi connectivity index (χ3v) is 5.44. The molecule has 0 radical (unpaired) electrons. The summed E-state index contributed by atoms with van der Waals surface area (Å²) < 4.78 is 20.1. The minimum Gasteiger partial charge on any atom is -0.457 e. The Bertz CT molecular complexity index is 1120. The maximum Gasteiger partial charge on any atom is 0.348 e. The number of rotatable bonds is 4. The zero-order valence-corrected chi connectivity index (χ0v) is 15.9. The van der Waals surface area contributed by atoms with Crippen LogP contribution in [0.25, 0.3) is 15.9 Å². The Morgan fingerprint density at radius 1 is 1.19 bits per heavy atom. The van der Waals surface area contributed by atoms with Crippen molar-refractivity contribution in [2.75, 3.05) is 0 Å². The summed E-state index contributed by atoms with van der Waals surface area (Å²) in [7, 11) is 0. The average Bonchev–Trinajstić information content (AvgIpc) is 3.23. The maximum absolute atomic E-state index is 12.9. The van der Waals surface area contributed by atoms with Crippen molar-refractivity contribution in [2.45, 2.75) is 13.5 Å². The molecule has 4 rings (SSSR count). The van der Waals surface area contributed by atoms with Gasteiger partial charge < -0.3 is 4.74 Å². The van der Waals surface area contributed by atoms with Gasteiger partial charge in [-0.25, -0.2) is 13.9 Å². The summed E-state index contributed by atoms with van der Waals surface area (Å²) in [5, 5.41) is 6.10. The molecule has 0 aliphatic heterocycles. The van der Waals surface area contributed by atoms with Crippen LogP contribution in [0.1, 0.15) is 20.9 Å². The van der Waals surface area contributed by atoms with Gasteiger partial charge in [0.15, 0.2) is 0 Å². The molecule has 4 nitrogen and oxygen atoms in total. The molecule has 0 aliphatic rings. The van der Waals surface area contributed by atoms with Gasteiger partial charge >= 0.3 is 5.97 Å². The van der Waals surface area contributed by atoms with E-state index < -0.39 is 5.97 Å². The van der Waals surface area contributed by atoms with Crippen LogP contribution in [0.15, 0.2) is 54.6 Å². The second-order valence-corrected chi connectivity index (χ2v) is 7.47. The van der Waals surface area contributed by atoms with Crippen molar-refractivity contribution < 1.29 is 13.9 Å². The second kappa shape index (κ2) is 7.13. The largest absolute Gasteiger partial charge is 0.457 e. The van der Waals surface area contributed by atoms with E-state index in [0.29, 0.717) is 9.90 Å². The number of carbonyl (C=O) groups excluding carboxylic acids is 1. The summed E-state index contributed by atoms with van der Waals surface area (Å²) in [6.07, 6.45) is 0. The molecular weight excluding hydrogens is 387 g/mol. The highest BCUT2D eigenvalue weighted by atomic mass is 35.5. The van der Waals surface area contributed by atoms with Crippen LogP contribution in [0, 0.1) is 12.7 Å². The SMILES string of the molecule is Cc1nn(-c2ccc(Cl)cc2)c2sc(C(=O)OCc3ccc(F)cc3)cc12. The molecule has 0 bridgehead atoms. The van der Waals surface area contributed by atoms with Crippen molar-refractivity contribution in [1.82, 2.24) is 9.78 Å². The Hall–Kier alpha value is -2.70. The van der Waals surface area contributed by atoms with Crippen molar-refractivity contribution in [3.05, 3.63) is 81.6 Å². The van der Waals surface area contributed by atoms with Gasteiger partial charge in [-0.15, -0.1) is 11.3 Å². The van der Waals surface area contributed by atoms with Gasteiger partial charge in [0.2, 0.25) is 0 Å². The number of hydrogen-bond donors (Lipinski definition) is 0. The third-order valence-electron chi connectivity index (χ3n) is 4.10. The average molecular weight is 401 g/mol. The van der Waals surface area contributed by atoms with E-state index in [2.05, 4.69) is 5.10 Å². The van der Waals surface area contributed by atoms with E-state index in [1.807, 2.05) is 19.1 Å². The highest BCUT2D eigenvalue weighted by molar-refractivity contribution is 7.20. The van der Waals surface area contributed by atoms with Gasteiger partial charge in [0.1, 0.15) is 22.1 Å². The van der Waals surface area contributed by atoms with Crippen molar-refractivity contribution in [3.63, 3.8) is 0 Å². The summed E-state index contributed by atoms with van der Waals surface area (Å²) in [6, 6.07) is 15.0. The van der Waals surface area contributed by atoms with Gasteiger partial charge in [-0.3, -0.25) is 0 Å². The first kappa shape index (κ1) is 17.7. The summed E-state index contributed by atoms with van der Waals surface area (Å²) in [4.78, 5) is 13.8. The number of carbonyl (C=O) groups is 1. The van der Waals surface area contributed by atoms with Crippen molar-refractivity contribution in [3.8, 4) is 5.69 Å². The molecule has 7 heteroatoms. The number of esters is 1. The molecule has 0 fully saturated rings. The number of benzene rings is 2. The van der Waals surface area contributed by atoms with E-state index in [9.17, 15) is 9.18 Å². The summed E-state index contributed by atoms with van der Waals surface area (Å²) in [5.41, 5.74) is 2.42. The third kappa shape index (κ3) is 3.59. The van der Waals surface area contributed by atoms with E-state index in [-0.39, 0.29) is 12.4 Å². The lowest BCUT2D eigenvalue weighted by atomic mass is 10.2. The normalized spacial score (nSPS) is 11.1. The van der Waals surface area contributed by atoms with Crippen LogP contribution in [0.4, 0.5) is 4.39 Å². The van der Waals surface area contributed by atoms with Gasteiger partial charge in [-0.1, -0.05) is 23.7 Å². The number of thiophene rings is 1. The molecule has 27 heavy (non-hydrogen) atoms. The van der Waals surface area contributed by atoms with E-state index in [1.54, 1.807) is 35.0 Å². The standard InChI is InChI=1S/C20H14ClFN2O2S/c1-12-17-10-18(20(25)26-11-13-2-6-15(22)7-3-13)27-19(17)24(23-12)16-8-4-14(21)5-9-16/h2-10H,11H2,1H3. The van der Waals surface area contributed by atoms with Crippen molar-refractivity contribution >= 4 is 39.1 Å². The van der Waals surface area contributed by atoms with Gasteiger partial charge in [0.05, 0.1) is 11.4 Å². The second-order valence-electron chi connectivity index (χ2n) is 6.01. The Labute approximate surface area is 163 Å². The molecule has 0 unspecified atom stereocenters. The van der Waals surface area contributed by atoms with E-state index in [4.69, 9.17) is 16.3 Å². The summed E-state index contributed by atoms with van der Waals surface area (Å²) in [6.45, 7) is 1.99. The first-order chi connectivity index (χ1) is 13.0. The highest BCUT2D eigenvalue weighted by Gasteiger charge is 2.18. The number of halogens is 2. The molecule has 136 valence electrons. The predicted molar refractivity (Wildman–Crippen MR) is 104 cm³/mol. The molecule has 2 aromatic carbocycles. The molecular formula is C20H14ClFN2O2S. The predicted octanol–water partition coefficient (Wildman–Crippen LogP) is 5.54. The molecule has 0 saturated carbocycles. The topological polar surface area (TPSA) is 44.1 Å². The van der Waals surface area contributed by atoms with Crippen LogP contribution in [0.3, 0.4) is 0 Å². The smallest absolute Gasteiger partial charge is 0.348 e. The minimum atomic E-state index is -0.414. The van der Waals surface area contributed by atoms with E-state index in [1.165, 1.54) is 23.5 Å². The molecule has 0 spiro atoms. The van der Waals surface area contributed by atoms with Crippen LogP contribution in [-0.4, -0.2) is 15.7 Å². The van der Waals surface area contributed by atoms with Gasteiger partial charge in [0.25, 0.3) is 0 Å². The zero-order chi connectivity index (χ0) is 19.0. The Kier molecular flexibility index (Phi) is 4.68. The fraction of sp³-hybridized carbons (Fsp3) is 0.100. The Morgan fingerprint density at radius 2 is 1.89 bits per heavy atom. The fourth-order valence-electron chi connectivity index (χ4n) is 2.71. The fourth-order valence-corrected chi connectivity index (χ4v) is 3.91. The molecule has 0 aliphatic carbocycles. The lowest BCUT2D eigenvalue weighted by Gasteiger charge is -2.04. The minimum absolute atomic E-state index is 0.0929. The van der Waals surface area contributed by atoms with Crippen LogP contribution < -0.4 is 0 Å². The van der Waals surface area contributed by atoms with E-state index in [0.717, 1.165) is 27.2 Å². The van der Waals surface area contributed by atoms with Crippen molar-refractivity contribution in [1.29, 1.82) is 0 Å². The number of aromatic nitrogens is 2. The van der Waals surface area contributed by atoms with Crippen LogP contribution in [0.5, 0.6) is 0 Å². The van der Waals surface area contributed by atoms with Gasteiger partial charge in [-0.05, 0) is 55.0 Å². The number of nitrogens with zero attached hydrogens (tertiary/aromatic N) is 2. The number of hydrogen-bond acceptors (Lipinski definition) is 4. The maximum atomic E-state index is 12.9. The van der Waals surface area contributed by atoms with Gasteiger partial charge in [0, 0.05) is 10.4 Å². The number of ether oxygens (including phenoxy) is 1. The monoisotopic (exact) mass is 400 g/mol. The zero-order valence-electron chi connectivity index (χ0n) is 14.3. The lowest BCUT2D eigenvalue weighted by molar-refractivity contribution is 0.0478. The van der Waals surface area contributed by atoms with E-state index >= 15 is 0 Å². The molecule has 0 saturated heterocycles. The van der Waals surface area contributed by atoms with Crippen LogP contribution in [-0.2, 0) is 11.3 Å². The summed E-state index contributed by atoms with van der Waals surface area (Å²) >= 11 is 7.28. The number of aryl methyl sites for hydroxylation is 1. The molecule has 2 aromatic heterocycles. The molecule has 2 heterocycles. The first-order valence-electron chi connectivity index (χ1n) is 8.18. The Morgan fingerprint density at radius 3 is 2.59 bits per heavy atom. The first-order valence-corrected chi connectivity index (χ1v) is 9.37. The van der Waals surface area contributed by atoms with Crippen molar-refractivity contribution in [2.24, 2.45) is 0 Å². The molecule has 4 aromatic rings. The van der Waals surface area contributed by atoms with Crippen LogP contribution >= 0.6 is 22.9 Å². The molecule has 0 N–H and O–H groups in total. The van der Waals surface area contributed by atoms with Gasteiger partial charge in [-0.2, -0.15) is 5.10 Å². The number of fused-ring (bicyclic) bond motifs is 1. The molecule has 0 amide bonds. The van der Waals surface area contributed by atoms with Crippen LogP contribution in [0.2, 0.25) is 5.02 Å². The highest BCUT2D eigenvalue weighted by Crippen LogP contribution is 2.31. The quantitative estimate of drug-likeness (QED) is 0.422. The Balaban J connectivity index is 1.59. The molecule has 0 atom stereocenters.